The Morgan fingerprint density at radius 2 is 2.15 bits per heavy atom. The molecule has 3 heterocycles. The first-order valence-corrected chi connectivity index (χ1v) is 8.86. The Morgan fingerprint density at radius 1 is 1.42 bits per heavy atom. The number of carbonyl (C=O) groups is 2. The summed E-state index contributed by atoms with van der Waals surface area (Å²) in [6.45, 7) is 1.38. The van der Waals surface area contributed by atoms with Gasteiger partial charge in [0.2, 0.25) is 5.91 Å². The van der Waals surface area contributed by atoms with Crippen molar-refractivity contribution in [1.29, 1.82) is 0 Å². The number of fused-ring (bicyclic) bond motifs is 1. The molecule has 0 unspecified atom stereocenters. The van der Waals surface area contributed by atoms with E-state index in [2.05, 4.69) is 41.1 Å². The van der Waals surface area contributed by atoms with Crippen molar-refractivity contribution in [2.45, 2.75) is 13.5 Å². The standard InChI is InChI=1S/C14H13BrN6O4S/c1-6-9(13(24)25-3)26-14(17-6)18-7(22)4-21-5-16-11-8(12(21)23)10(15)19-20(11)2/h5H,4H2,1-3H3,(H,17,18,22). The Hall–Kier alpha value is -2.60. The monoisotopic (exact) mass is 440 g/mol. The number of anilines is 1. The second kappa shape index (κ2) is 6.96. The molecule has 12 heteroatoms. The lowest BCUT2D eigenvalue weighted by Crippen LogP contribution is -2.28. The smallest absolute Gasteiger partial charge is 0.350 e. The molecule has 0 saturated carbocycles. The summed E-state index contributed by atoms with van der Waals surface area (Å²) in [5.74, 6) is -0.994. The van der Waals surface area contributed by atoms with Gasteiger partial charge in [-0.15, -0.1) is 0 Å². The molecule has 0 atom stereocenters. The van der Waals surface area contributed by atoms with Gasteiger partial charge in [0.05, 0.1) is 12.8 Å². The van der Waals surface area contributed by atoms with Gasteiger partial charge in [-0.1, -0.05) is 11.3 Å². The van der Waals surface area contributed by atoms with Crippen LogP contribution in [-0.2, 0) is 23.1 Å². The van der Waals surface area contributed by atoms with Crippen molar-refractivity contribution in [3.05, 3.63) is 31.9 Å². The van der Waals surface area contributed by atoms with Crippen LogP contribution in [0.1, 0.15) is 15.4 Å². The molecule has 0 saturated heterocycles. The van der Waals surface area contributed by atoms with Gasteiger partial charge in [0.25, 0.3) is 5.56 Å². The topological polar surface area (TPSA) is 121 Å². The molecule has 0 aliphatic heterocycles. The fourth-order valence-electron chi connectivity index (χ4n) is 2.29. The number of hydrogen-bond acceptors (Lipinski definition) is 8. The molecule has 0 aromatic carbocycles. The molecule has 0 aliphatic carbocycles. The van der Waals surface area contributed by atoms with Gasteiger partial charge >= 0.3 is 5.97 Å². The molecule has 0 bridgehead atoms. The second-order valence-electron chi connectivity index (χ2n) is 5.26. The third kappa shape index (κ3) is 3.24. The number of esters is 1. The summed E-state index contributed by atoms with van der Waals surface area (Å²) in [5.41, 5.74) is 0.476. The van der Waals surface area contributed by atoms with E-state index in [0.29, 0.717) is 26.2 Å². The Kier molecular flexibility index (Phi) is 4.87. The van der Waals surface area contributed by atoms with E-state index in [-0.39, 0.29) is 11.7 Å². The summed E-state index contributed by atoms with van der Waals surface area (Å²) >= 11 is 4.22. The van der Waals surface area contributed by atoms with E-state index in [1.807, 2.05) is 0 Å². The van der Waals surface area contributed by atoms with Crippen molar-refractivity contribution >= 4 is 55.3 Å². The Labute approximate surface area is 158 Å². The summed E-state index contributed by atoms with van der Waals surface area (Å²) in [4.78, 5) is 44.9. The molecule has 0 radical (unpaired) electrons. The predicted molar refractivity (Wildman–Crippen MR) is 97.3 cm³/mol. The van der Waals surface area contributed by atoms with E-state index >= 15 is 0 Å². The number of aromatic nitrogens is 5. The average molecular weight is 441 g/mol. The zero-order valence-corrected chi connectivity index (χ0v) is 16.3. The highest BCUT2D eigenvalue weighted by atomic mass is 79.9. The Morgan fingerprint density at radius 3 is 2.85 bits per heavy atom. The van der Waals surface area contributed by atoms with E-state index in [9.17, 15) is 14.4 Å². The van der Waals surface area contributed by atoms with Crippen molar-refractivity contribution in [2.24, 2.45) is 7.05 Å². The molecular formula is C14H13BrN6O4S. The minimum atomic E-state index is -0.521. The number of aryl methyl sites for hydroxylation is 2. The maximum Gasteiger partial charge on any atom is 0.350 e. The van der Waals surface area contributed by atoms with Crippen molar-refractivity contribution in [3.8, 4) is 0 Å². The lowest BCUT2D eigenvalue weighted by molar-refractivity contribution is -0.116. The number of nitrogens with zero attached hydrogens (tertiary/aromatic N) is 5. The highest BCUT2D eigenvalue weighted by Crippen LogP contribution is 2.23. The second-order valence-corrected chi connectivity index (χ2v) is 7.01. The minimum absolute atomic E-state index is 0.248. The van der Waals surface area contributed by atoms with Crippen molar-refractivity contribution in [3.63, 3.8) is 0 Å². The molecule has 1 N–H and O–H groups in total. The highest BCUT2D eigenvalue weighted by molar-refractivity contribution is 9.10. The molecule has 3 aromatic heterocycles. The maximum atomic E-state index is 12.5. The summed E-state index contributed by atoms with van der Waals surface area (Å²) in [6, 6.07) is 0. The molecule has 0 spiro atoms. The SMILES string of the molecule is COC(=O)c1sc(NC(=O)Cn2cnc3c(c(Br)nn3C)c2=O)nc1C. The number of rotatable bonds is 4. The fraction of sp³-hybridized carbons (Fsp3) is 0.286. The molecule has 3 rings (SSSR count). The number of nitrogens with one attached hydrogen (secondary N) is 1. The molecule has 136 valence electrons. The number of methoxy groups -OCH3 is 1. The van der Waals surface area contributed by atoms with Gasteiger partial charge < -0.3 is 10.1 Å². The Balaban J connectivity index is 1.82. The highest BCUT2D eigenvalue weighted by Gasteiger charge is 2.18. The van der Waals surface area contributed by atoms with Crippen LogP contribution in [0, 0.1) is 6.92 Å². The van der Waals surface area contributed by atoms with Crippen LogP contribution in [0.4, 0.5) is 5.13 Å². The van der Waals surface area contributed by atoms with Crippen LogP contribution < -0.4 is 10.9 Å². The number of amides is 1. The maximum absolute atomic E-state index is 12.5. The number of halogens is 1. The van der Waals surface area contributed by atoms with E-state index < -0.39 is 17.4 Å². The van der Waals surface area contributed by atoms with Gasteiger partial charge in [-0.3, -0.25) is 14.2 Å². The number of carbonyl (C=O) groups excluding carboxylic acids is 2. The van der Waals surface area contributed by atoms with Gasteiger partial charge in [-0.05, 0) is 22.9 Å². The van der Waals surface area contributed by atoms with Crippen LogP contribution in [0.3, 0.4) is 0 Å². The zero-order valence-electron chi connectivity index (χ0n) is 13.9. The van der Waals surface area contributed by atoms with E-state index in [1.54, 1.807) is 14.0 Å². The first-order chi connectivity index (χ1) is 12.3. The average Bonchev–Trinajstić information content (AvgIpc) is 3.09. The predicted octanol–water partition coefficient (Wildman–Crippen LogP) is 1.08. The molecule has 10 nitrogen and oxygen atoms in total. The van der Waals surface area contributed by atoms with Gasteiger partial charge in [0, 0.05) is 7.05 Å². The third-order valence-corrected chi connectivity index (χ3v) is 5.10. The zero-order chi connectivity index (χ0) is 19.0. The molecule has 0 fully saturated rings. The summed E-state index contributed by atoms with van der Waals surface area (Å²) in [7, 11) is 2.94. The van der Waals surface area contributed by atoms with Crippen LogP contribution in [-0.4, -0.2) is 43.3 Å². The Bertz CT molecular complexity index is 1090. The van der Waals surface area contributed by atoms with Crippen molar-refractivity contribution in [1.82, 2.24) is 24.3 Å². The lowest BCUT2D eigenvalue weighted by Gasteiger charge is -2.05. The lowest BCUT2D eigenvalue weighted by atomic mass is 10.4. The summed E-state index contributed by atoms with van der Waals surface area (Å²) in [6.07, 6.45) is 1.28. The number of hydrogen-bond donors (Lipinski definition) is 1. The molecule has 0 aliphatic rings. The minimum Gasteiger partial charge on any atom is -0.465 e. The fourth-order valence-corrected chi connectivity index (χ4v) is 3.78. The van der Waals surface area contributed by atoms with Crippen LogP contribution in [0.2, 0.25) is 0 Å². The van der Waals surface area contributed by atoms with Gasteiger partial charge in [0.15, 0.2) is 10.8 Å². The third-order valence-electron chi connectivity index (χ3n) is 3.50. The van der Waals surface area contributed by atoms with E-state index in [0.717, 1.165) is 11.3 Å². The quantitative estimate of drug-likeness (QED) is 0.602. The number of thiazole rings is 1. The molecular weight excluding hydrogens is 428 g/mol. The first-order valence-electron chi connectivity index (χ1n) is 7.25. The van der Waals surface area contributed by atoms with Crippen LogP contribution in [0.5, 0.6) is 0 Å². The summed E-state index contributed by atoms with van der Waals surface area (Å²) in [5, 5.41) is 7.19. The largest absolute Gasteiger partial charge is 0.465 e. The van der Waals surface area contributed by atoms with Crippen LogP contribution >= 0.6 is 27.3 Å². The molecule has 1 amide bonds. The molecule has 26 heavy (non-hydrogen) atoms. The van der Waals surface area contributed by atoms with Crippen molar-refractivity contribution < 1.29 is 14.3 Å². The van der Waals surface area contributed by atoms with Gasteiger partial charge in [0.1, 0.15) is 27.7 Å². The van der Waals surface area contributed by atoms with Gasteiger partial charge in [-0.25, -0.2) is 19.4 Å². The van der Waals surface area contributed by atoms with E-state index in [1.165, 1.54) is 22.7 Å². The van der Waals surface area contributed by atoms with E-state index in [4.69, 9.17) is 0 Å². The molecule has 3 aromatic rings. The van der Waals surface area contributed by atoms with Crippen molar-refractivity contribution in [2.75, 3.05) is 12.4 Å². The van der Waals surface area contributed by atoms with Gasteiger partial charge in [-0.2, -0.15) is 5.10 Å². The van der Waals surface area contributed by atoms with Crippen LogP contribution in [0.25, 0.3) is 11.0 Å². The summed E-state index contributed by atoms with van der Waals surface area (Å²) < 4.78 is 7.66. The number of ether oxygens (including phenoxy) is 1. The normalized spacial score (nSPS) is 10.9. The van der Waals surface area contributed by atoms with Crippen LogP contribution in [0.15, 0.2) is 15.7 Å². The first kappa shape index (κ1) is 18.2.